The molecule has 0 spiro atoms. The highest BCUT2D eigenvalue weighted by atomic mass is 32.2. The molecular weight excluding hydrogens is 512 g/mol. The molecule has 1 atom stereocenters. The summed E-state index contributed by atoms with van der Waals surface area (Å²) in [5.74, 6) is 0.145. The van der Waals surface area contributed by atoms with Gasteiger partial charge in [0, 0.05) is 29.5 Å². The number of pyridine rings is 1. The van der Waals surface area contributed by atoms with Crippen molar-refractivity contribution < 1.29 is 36.0 Å². The molecule has 3 heterocycles. The molecule has 0 amide bonds. The summed E-state index contributed by atoms with van der Waals surface area (Å²) in [7, 11) is -1.37. The van der Waals surface area contributed by atoms with E-state index < -0.39 is 27.8 Å². The number of alkyl halides is 2. The fraction of sp³-hybridized carbons (Fsp3) is 0.200. The quantitative estimate of drug-likeness (QED) is 0.302. The molecule has 4 rings (SSSR count). The van der Waals surface area contributed by atoms with E-state index in [-0.39, 0.29) is 43.3 Å². The third-order valence-electron chi connectivity index (χ3n) is 4.61. The third-order valence-corrected chi connectivity index (χ3v) is 9.02. The maximum absolute atomic E-state index is 13.4. The molecular formula is C20H17F2N3O6S3. The summed E-state index contributed by atoms with van der Waals surface area (Å²) < 4.78 is 81.4. The number of halogens is 2. The first-order valence-electron chi connectivity index (χ1n) is 9.47. The van der Waals surface area contributed by atoms with Crippen LogP contribution in [-0.2, 0) is 27.0 Å². The number of benzene rings is 1. The summed E-state index contributed by atoms with van der Waals surface area (Å²) in [6.07, 6.45) is 1.44. The third kappa shape index (κ3) is 4.53. The molecule has 0 bridgehead atoms. The zero-order chi connectivity index (χ0) is 24.5. The maximum Gasteiger partial charge on any atom is 0.387 e. The van der Waals surface area contributed by atoms with Crippen molar-refractivity contribution in [2.75, 3.05) is 14.2 Å². The Hall–Kier alpha value is -2.94. The first kappa shape index (κ1) is 24.2. The van der Waals surface area contributed by atoms with Crippen molar-refractivity contribution >= 4 is 43.6 Å². The number of fused-ring (bicyclic) bond motifs is 1. The van der Waals surface area contributed by atoms with E-state index in [4.69, 9.17) is 9.47 Å². The van der Waals surface area contributed by atoms with Crippen LogP contribution in [0.4, 0.5) is 8.78 Å². The predicted octanol–water partition coefficient (Wildman–Crippen LogP) is 3.66. The van der Waals surface area contributed by atoms with Crippen molar-refractivity contribution in [1.82, 2.24) is 13.9 Å². The normalized spacial score (nSPS) is 12.8. The van der Waals surface area contributed by atoms with E-state index in [9.17, 15) is 21.8 Å². The molecule has 0 N–H and O–H groups in total. The van der Waals surface area contributed by atoms with Crippen LogP contribution in [0.5, 0.6) is 17.2 Å². The summed E-state index contributed by atoms with van der Waals surface area (Å²) in [4.78, 5) is 8.39. The molecule has 0 aliphatic heterocycles. The van der Waals surface area contributed by atoms with Crippen molar-refractivity contribution in [3.63, 3.8) is 0 Å². The number of hydrogen-bond acceptors (Lipinski definition) is 9. The molecule has 0 saturated carbocycles. The van der Waals surface area contributed by atoms with Gasteiger partial charge in [-0.15, -0.1) is 11.3 Å². The Labute approximate surface area is 200 Å². The number of hydrogen-bond donors (Lipinski definition) is 0. The maximum atomic E-state index is 13.4. The number of nitrogens with zero attached hydrogens (tertiary/aromatic N) is 3. The first-order valence-corrected chi connectivity index (χ1v) is 13.1. The van der Waals surface area contributed by atoms with Gasteiger partial charge in [-0.05, 0) is 23.6 Å². The van der Waals surface area contributed by atoms with E-state index in [1.807, 2.05) is 0 Å². The van der Waals surface area contributed by atoms with Crippen molar-refractivity contribution in [3.8, 4) is 17.2 Å². The Morgan fingerprint density at radius 2 is 2.00 bits per heavy atom. The largest absolute Gasteiger partial charge is 0.609 e. The van der Waals surface area contributed by atoms with Crippen molar-refractivity contribution in [3.05, 3.63) is 53.7 Å². The zero-order valence-electron chi connectivity index (χ0n) is 17.7. The summed E-state index contributed by atoms with van der Waals surface area (Å²) in [5.41, 5.74) is 0.338. The molecule has 0 saturated heterocycles. The number of thiophene rings is 1. The molecule has 0 radical (unpaired) electrons. The molecule has 0 aliphatic carbocycles. The van der Waals surface area contributed by atoms with Crippen LogP contribution in [-0.4, -0.2) is 47.7 Å². The molecule has 4 aromatic rings. The van der Waals surface area contributed by atoms with Gasteiger partial charge >= 0.3 is 11.8 Å². The molecule has 0 aliphatic rings. The van der Waals surface area contributed by atoms with Gasteiger partial charge in [0.15, 0.2) is 17.3 Å². The van der Waals surface area contributed by atoms with Crippen LogP contribution >= 0.6 is 11.3 Å². The van der Waals surface area contributed by atoms with Crippen LogP contribution in [0, 0.1) is 0 Å². The molecule has 0 fully saturated rings. The number of rotatable bonds is 9. The number of imidazole rings is 1. The van der Waals surface area contributed by atoms with Gasteiger partial charge in [0.25, 0.3) is 10.0 Å². The van der Waals surface area contributed by atoms with Gasteiger partial charge in [-0.25, -0.2) is 0 Å². The fourth-order valence-corrected chi connectivity index (χ4v) is 7.24. The van der Waals surface area contributed by atoms with E-state index in [0.717, 1.165) is 21.4 Å². The summed E-state index contributed by atoms with van der Waals surface area (Å²) in [5, 5.41) is 1.28. The van der Waals surface area contributed by atoms with Crippen LogP contribution in [0.3, 0.4) is 0 Å². The van der Waals surface area contributed by atoms with E-state index in [2.05, 4.69) is 14.7 Å². The Morgan fingerprint density at radius 3 is 2.65 bits per heavy atom. The smallest absolute Gasteiger partial charge is 0.387 e. The minimum Gasteiger partial charge on any atom is -0.609 e. The Bertz CT molecular complexity index is 1410. The number of aromatic nitrogens is 3. The second kappa shape index (κ2) is 9.74. The van der Waals surface area contributed by atoms with Crippen LogP contribution in [0.25, 0.3) is 11.0 Å². The molecule has 14 heteroatoms. The average Bonchev–Trinajstić information content (AvgIpc) is 3.47. The van der Waals surface area contributed by atoms with Gasteiger partial charge in [-0.2, -0.15) is 26.2 Å². The minimum absolute atomic E-state index is 0.00459. The molecule has 3 aromatic heterocycles. The average molecular weight is 530 g/mol. The monoisotopic (exact) mass is 529 g/mol. The summed E-state index contributed by atoms with van der Waals surface area (Å²) in [6, 6.07) is 8.15. The van der Waals surface area contributed by atoms with E-state index >= 15 is 0 Å². The Kier molecular flexibility index (Phi) is 6.93. The molecule has 34 heavy (non-hydrogen) atoms. The van der Waals surface area contributed by atoms with Gasteiger partial charge < -0.3 is 18.8 Å². The van der Waals surface area contributed by atoms with Gasteiger partial charge in [0.1, 0.15) is 15.7 Å². The molecule has 180 valence electrons. The van der Waals surface area contributed by atoms with Crippen molar-refractivity contribution in [2.45, 2.75) is 21.7 Å². The van der Waals surface area contributed by atoms with E-state index in [1.165, 1.54) is 38.6 Å². The lowest BCUT2D eigenvalue weighted by atomic mass is 10.3. The highest BCUT2D eigenvalue weighted by molar-refractivity contribution is 7.94. The summed E-state index contributed by atoms with van der Waals surface area (Å²) in [6.45, 7) is -3.07. The van der Waals surface area contributed by atoms with Crippen LogP contribution in [0.15, 0.2) is 57.3 Å². The van der Waals surface area contributed by atoms with Gasteiger partial charge in [-0.1, -0.05) is 6.07 Å². The molecule has 1 unspecified atom stereocenters. The predicted molar refractivity (Wildman–Crippen MR) is 121 cm³/mol. The Balaban J connectivity index is 1.86. The highest BCUT2D eigenvalue weighted by Crippen LogP contribution is 2.34. The van der Waals surface area contributed by atoms with E-state index in [1.54, 1.807) is 17.5 Å². The van der Waals surface area contributed by atoms with Gasteiger partial charge in [0.05, 0.1) is 25.3 Å². The highest BCUT2D eigenvalue weighted by Gasteiger charge is 2.33. The summed E-state index contributed by atoms with van der Waals surface area (Å²) >= 11 is -1.06. The van der Waals surface area contributed by atoms with E-state index in [0.29, 0.717) is 5.75 Å². The minimum atomic E-state index is -4.20. The lowest BCUT2D eigenvalue weighted by Gasteiger charge is -2.14. The molecule has 9 nitrogen and oxygen atoms in total. The van der Waals surface area contributed by atoms with Crippen LogP contribution < -0.4 is 14.2 Å². The topological polar surface area (TPSA) is 116 Å². The van der Waals surface area contributed by atoms with Gasteiger partial charge in [-0.3, -0.25) is 4.98 Å². The second-order valence-corrected chi connectivity index (χ2v) is 10.9. The Morgan fingerprint density at radius 1 is 1.21 bits per heavy atom. The standard InChI is InChI=1S/C20H17F2N3O6S3/c1-29-16-7-8-23-14(18(16)30-2)11-33(26)20-24-13-10-12(31-19(21)22)5-6-15(13)25(20)34(27,28)17-4-3-9-32-17/h3-10,19H,11H2,1-2H3. The van der Waals surface area contributed by atoms with Crippen molar-refractivity contribution in [1.29, 1.82) is 0 Å². The number of methoxy groups -OCH3 is 2. The lowest BCUT2D eigenvalue weighted by Crippen LogP contribution is -2.20. The molecule has 1 aromatic carbocycles. The number of ether oxygens (including phenoxy) is 3. The van der Waals surface area contributed by atoms with Crippen LogP contribution in [0.1, 0.15) is 5.69 Å². The van der Waals surface area contributed by atoms with Crippen LogP contribution in [0.2, 0.25) is 0 Å². The fourth-order valence-electron chi connectivity index (χ4n) is 3.21. The van der Waals surface area contributed by atoms with Gasteiger partial charge in [0.2, 0.25) is 0 Å². The second-order valence-electron chi connectivity index (χ2n) is 6.61. The van der Waals surface area contributed by atoms with Crippen molar-refractivity contribution in [2.24, 2.45) is 0 Å². The zero-order valence-corrected chi connectivity index (χ0v) is 20.1. The first-order chi connectivity index (χ1) is 16.3. The SMILES string of the molecule is COc1ccnc(C[S+]([O-])c2nc3cc(OC(F)F)ccc3n2S(=O)(=O)c2cccs2)c1OC. The lowest BCUT2D eigenvalue weighted by molar-refractivity contribution is -0.0497.